The van der Waals surface area contributed by atoms with Gasteiger partial charge in [0.25, 0.3) is 0 Å². The van der Waals surface area contributed by atoms with E-state index in [1.54, 1.807) is 0 Å². The second-order valence-corrected chi connectivity index (χ2v) is 9.20. The molecule has 160 valence electrons. The van der Waals surface area contributed by atoms with Crippen molar-refractivity contribution in [2.75, 3.05) is 23.8 Å². The Labute approximate surface area is 233 Å². The van der Waals surface area contributed by atoms with Crippen LogP contribution in [0.5, 0.6) is 0 Å². The summed E-state index contributed by atoms with van der Waals surface area (Å²) < 4.78 is 29.1. The number of anilines is 2. The smallest absolute Gasteiger partial charge is 0.696 e. The number of carbonyl (C=O) groups is 1. The molecule has 2 aromatic carbocycles. The van der Waals surface area contributed by atoms with Crippen molar-refractivity contribution in [3.8, 4) is 5.40 Å². The number of sulfone groups is 1. The predicted molar refractivity (Wildman–Crippen MR) is 121 cm³/mol. The average molecular weight is 505 g/mol. The second kappa shape index (κ2) is 14.7. The van der Waals surface area contributed by atoms with Crippen molar-refractivity contribution in [3.63, 3.8) is 0 Å². The number of esters is 1. The van der Waals surface area contributed by atoms with Crippen LogP contribution in [0.4, 0.5) is 10.8 Å². The molecule has 1 aromatic heterocycles. The van der Waals surface area contributed by atoms with Crippen LogP contribution in [0.15, 0.2) is 47.4 Å². The van der Waals surface area contributed by atoms with Gasteiger partial charge in [0.1, 0.15) is 6.61 Å². The monoisotopic (exact) mass is 504 g/mol. The van der Waals surface area contributed by atoms with E-state index in [0.717, 1.165) is 5.52 Å². The first-order valence-corrected chi connectivity index (χ1v) is 11.3. The fourth-order valence-corrected chi connectivity index (χ4v) is 4.06. The number of fused-ring (bicyclic) bond motifs is 1. The molecule has 0 atom stereocenters. The Morgan fingerprint density at radius 3 is 2.35 bits per heavy atom. The molecule has 0 fully saturated rings. The molecule has 3 rings (SSSR count). The topological polar surface area (TPSA) is 149 Å². The minimum Gasteiger partial charge on any atom is -0.696 e. The molecule has 12 heteroatoms. The fourth-order valence-electron chi connectivity index (χ4n) is 2.14. The maximum absolute atomic E-state index is 11.7. The Morgan fingerprint density at radius 1 is 1.23 bits per heavy atom. The summed E-state index contributed by atoms with van der Waals surface area (Å²) in [5.74, 6) is -0.719. The van der Waals surface area contributed by atoms with E-state index < -0.39 is 15.8 Å². The summed E-state index contributed by atoms with van der Waals surface area (Å²) in [6, 6.07) is 12.0. The fraction of sp³-hybridized carbons (Fsp3) is 0.211. The van der Waals surface area contributed by atoms with E-state index in [2.05, 4.69) is 35.3 Å². The predicted octanol–water partition coefficient (Wildman–Crippen LogP) is -0.189. The summed E-state index contributed by atoms with van der Waals surface area (Å²) >= 11 is 5.23. The van der Waals surface area contributed by atoms with E-state index in [9.17, 15) is 13.2 Å². The van der Waals surface area contributed by atoms with Gasteiger partial charge in [-0.1, -0.05) is 22.8 Å². The van der Waals surface area contributed by atoms with Gasteiger partial charge in [0.2, 0.25) is 0 Å². The van der Waals surface area contributed by atoms with Crippen LogP contribution < -0.4 is 62.9 Å². The molecular weight excluding hydrogens is 484 g/mol. The third-order valence-electron chi connectivity index (χ3n) is 3.46. The van der Waals surface area contributed by atoms with Gasteiger partial charge in [-0.15, -0.1) is 0 Å². The first-order chi connectivity index (χ1) is 14.1. The van der Waals surface area contributed by atoms with E-state index in [-0.39, 0.29) is 68.6 Å². The van der Waals surface area contributed by atoms with Gasteiger partial charge in [-0.2, -0.15) is 0 Å². The quantitative estimate of drug-likeness (QED) is 0.162. The van der Waals surface area contributed by atoms with Gasteiger partial charge in [-0.3, -0.25) is 4.79 Å². The summed E-state index contributed by atoms with van der Waals surface area (Å²) in [5.41, 5.74) is 13.7. The van der Waals surface area contributed by atoms with Crippen LogP contribution in [-0.2, 0) is 32.0 Å². The van der Waals surface area contributed by atoms with Crippen LogP contribution in [0.1, 0.15) is 12.5 Å². The molecular formula is C19H21KN4O4S3. The van der Waals surface area contributed by atoms with Crippen molar-refractivity contribution >= 4 is 60.8 Å². The third-order valence-corrected chi connectivity index (χ3v) is 6.00. The van der Waals surface area contributed by atoms with Crippen molar-refractivity contribution in [1.82, 2.24) is 4.98 Å². The molecule has 4 N–H and O–H groups in total. The Morgan fingerprint density at radius 2 is 1.81 bits per heavy atom. The minimum absolute atomic E-state index is 0. The van der Waals surface area contributed by atoms with Crippen LogP contribution in [0.2, 0.25) is 0 Å². The molecule has 0 radical (unpaired) electrons. The van der Waals surface area contributed by atoms with Crippen molar-refractivity contribution in [2.45, 2.75) is 18.7 Å². The number of aromatic nitrogens is 1. The van der Waals surface area contributed by atoms with Gasteiger partial charge < -0.3 is 28.8 Å². The molecule has 1 heterocycles. The first-order valence-electron chi connectivity index (χ1n) is 8.44. The number of carbonyl (C=O) groups excluding carboxylic acids is 1. The summed E-state index contributed by atoms with van der Waals surface area (Å²) in [6.45, 7) is 3.16. The number of benzene rings is 2. The van der Waals surface area contributed by atoms with Crippen LogP contribution in [0.3, 0.4) is 0 Å². The Hall–Kier alpha value is -1.30. The van der Waals surface area contributed by atoms with E-state index in [0.29, 0.717) is 10.8 Å². The van der Waals surface area contributed by atoms with Gasteiger partial charge in [-0.05, 0) is 48.9 Å². The molecule has 0 saturated heterocycles. The molecule has 0 spiro atoms. The first kappa shape index (κ1) is 29.7. The zero-order valence-corrected chi connectivity index (χ0v) is 22.9. The number of nitrogens with zero attached hydrogens (tertiary/aromatic N) is 2. The van der Waals surface area contributed by atoms with Gasteiger partial charge in [0.15, 0.2) is 15.0 Å². The molecule has 8 nitrogen and oxygen atoms in total. The number of thiocyanates is 1. The van der Waals surface area contributed by atoms with Crippen LogP contribution >= 0.6 is 11.3 Å². The van der Waals surface area contributed by atoms with E-state index in [1.165, 1.54) is 58.2 Å². The maximum atomic E-state index is 11.7. The van der Waals surface area contributed by atoms with E-state index in [4.69, 9.17) is 16.7 Å². The second-order valence-electron chi connectivity index (χ2n) is 5.84. The molecule has 0 bridgehead atoms. The van der Waals surface area contributed by atoms with Crippen LogP contribution in [0, 0.1) is 17.6 Å². The van der Waals surface area contributed by atoms with Crippen molar-refractivity contribution in [2.24, 2.45) is 0 Å². The number of hydrogen-bond acceptors (Lipinski definition) is 10. The Balaban J connectivity index is 0.000000521. The molecule has 0 aliphatic heterocycles. The van der Waals surface area contributed by atoms with Gasteiger partial charge >= 0.3 is 57.4 Å². The van der Waals surface area contributed by atoms with Crippen molar-refractivity contribution in [1.29, 1.82) is 5.26 Å². The van der Waals surface area contributed by atoms with Crippen LogP contribution in [-0.4, -0.2) is 31.7 Å². The number of nitrogen functional groups attached to an aromatic ring is 2. The largest absolute Gasteiger partial charge is 1.00 e. The average Bonchev–Trinajstić information content (AvgIpc) is 3.02. The van der Waals surface area contributed by atoms with E-state index in [1.807, 2.05) is 12.1 Å². The summed E-state index contributed by atoms with van der Waals surface area (Å²) in [5, 5.41) is 9.11. The number of thiazole rings is 1. The zero-order valence-electron chi connectivity index (χ0n) is 17.4. The number of aryl methyl sites for hydroxylation is 1. The zero-order chi connectivity index (χ0) is 22.7. The molecule has 0 aliphatic carbocycles. The van der Waals surface area contributed by atoms with E-state index >= 15 is 0 Å². The van der Waals surface area contributed by atoms with Gasteiger partial charge in [-0.25, -0.2) is 18.7 Å². The molecule has 0 amide bonds. The molecule has 0 unspecified atom stereocenters. The summed E-state index contributed by atoms with van der Waals surface area (Å²) in [4.78, 5) is 14.8. The Kier molecular flexibility index (Phi) is 14.1. The molecule has 31 heavy (non-hydrogen) atoms. The number of hydrogen-bond donors (Lipinski definition) is 2. The van der Waals surface area contributed by atoms with Crippen molar-refractivity contribution < 1.29 is 69.3 Å². The number of rotatable bonds is 4. The SMILES string of the molecule is CC(=O)OCCS(=O)(=O)c1ccc(N)cc1.Cc1ccc2nc(N)sc2c1.N#C[S-].[K+]. The van der Waals surface area contributed by atoms with Crippen LogP contribution in [0.25, 0.3) is 10.2 Å². The molecule has 0 saturated carbocycles. The van der Waals surface area contributed by atoms with Crippen molar-refractivity contribution in [3.05, 3.63) is 48.0 Å². The number of ether oxygens (including phenoxy) is 1. The van der Waals surface area contributed by atoms with Gasteiger partial charge in [0, 0.05) is 12.6 Å². The standard InChI is InChI=1S/C10H13NO4S.C8H8N2S.CHNS.K/c1-8(12)15-6-7-16(13,14)10-4-2-9(11)3-5-10;1-5-2-3-6-7(4-5)11-8(9)10-6;2-1-3;/h2-5H,6-7,11H2,1H3;2-4H,1H3,(H2,9,10);3H;/q;;;+1/p-1. The summed E-state index contributed by atoms with van der Waals surface area (Å²) in [7, 11) is -3.41. The maximum Gasteiger partial charge on any atom is 1.00 e. The number of nitriles is 1. The Bertz CT molecular complexity index is 1130. The molecule has 0 aliphatic rings. The normalized spacial score (nSPS) is 9.71. The number of nitrogens with two attached hydrogens (primary N) is 2. The van der Waals surface area contributed by atoms with Gasteiger partial charge in [0.05, 0.1) is 20.9 Å². The molecule has 3 aromatic rings. The third kappa shape index (κ3) is 11.2. The summed E-state index contributed by atoms with van der Waals surface area (Å²) in [6.07, 6.45) is 0. The minimum atomic E-state index is -3.41.